The second-order valence-corrected chi connectivity index (χ2v) is 9.95. The molecule has 0 aliphatic carbocycles. The highest BCUT2D eigenvalue weighted by atomic mass is 35.5. The predicted molar refractivity (Wildman–Crippen MR) is 139 cm³/mol. The van der Waals surface area contributed by atoms with Gasteiger partial charge in [-0.2, -0.15) is 0 Å². The smallest absolute Gasteiger partial charge is 0.334 e. The Balaban J connectivity index is 1.29. The monoisotopic (exact) mass is 560 g/mol. The molecule has 0 radical (unpaired) electrons. The Labute approximate surface area is 227 Å². The molecule has 0 spiro atoms. The number of carboxylic acid groups (broad SMARTS) is 1. The number of nitrogens with one attached hydrogen (secondary N) is 1. The number of hydrogen-bond donors (Lipinski definition) is 5. The number of carboxylic acids is 1. The Morgan fingerprint density at radius 1 is 1.21 bits per heavy atom. The fourth-order valence-corrected chi connectivity index (χ4v) is 4.89. The van der Waals surface area contributed by atoms with E-state index >= 15 is 0 Å². The van der Waals surface area contributed by atoms with Crippen molar-refractivity contribution in [1.29, 1.82) is 0 Å². The molecule has 2 aliphatic rings. The molecule has 7 N–H and O–H groups in total. The molecule has 1 amide bonds. The quantitative estimate of drug-likeness (QED) is 0.248. The van der Waals surface area contributed by atoms with Crippen molar-refractivity contribution in [2.75, 3.05) is 25.0 Å². The average Bonchev–Trinajstić information content (AvgIpc) is 3.48. The van der Waals surface area contributed by atoms with Gasteiger partial charge in [0.1, 0.15) is 18.2 Å². The van der Waals surface area contributed by atoms with Crippen LogP contribution in [0.3, 0.4) is 0 Å². The largest absolute Gasteiger partial charge is 0.483 e. The van der Waals surface area contributed by atoms with Gasteiger partial charge in [-0.25, -0.2) is 19.7 Å². The van der Waals surface area contributed by atoms with Gasteiger partial charge in [0.15, 0.2) is 35.9 Å². The van der Waals surface area contributed by atoms with Crippen molar-refractivity contribution >= 4 is 40.5 Å². The summed E-state index contributed by atoms with van der Waals surface area (Å²) in [5.74, 6) is -0.523. The minimum Gasteiger partial charge on any atom is -0.483 e. The number of aliphatic carboxylic acids is 1. The first-order valence-corrected chi connectivity index (χ1v) is 12.8. The van der Waals surface area contributed by atoms with Crippen LogP contribution in [0.1, 0.15) is 24.6 Å². The third-order valence-corrected chi connectivity index (χ3v) is 7.15. The Morgan fingerprint density at radius 2 is 1.97 bits per heavy atom. The Bertz CT molecular complexity index is 1360. The summed E-state index contributed by atoms with van der Waals surface area (Å²) in [6.45, 7) is 1.34. The predicted octanol–water partition coefficient (Wildman–Crippen LogP) is 0.0905. The molecule has 0 bridgehead atoms. The molecule has 2 aromatic heterocycles. The molecule has 4 heterocycles. The number of ether oxygens (including phenoxy) is 2. The van der Waals surface area contributed by atoms with Gasteiger partial charge in [0, 0.05) is 36.3 Å². The molecule has 39 heavy (non-hydrogen) atoms. The van der Waals surface area contributed by atoms with Crippen molar-refractivity contribution in [3.63, 3.8) is 0 Å². The van der Waals surface area contributed by atoms with Crippen LogP contribution < -0.4 is 21.5 Å². The third kappa shape index (κ3) is 5.60. The number of piperidine rings is 1. The number of aliphatic hydroxyl groups excluding tert-OH is 1. The summed E-state index contributed by atoms with van der Waals surface area (Å²) < 4.78 is 12.8. The summed E-state index contributed by atoms with van der Waals surface area (Å²) >= 11 is 6.23. The van der Waals surface area contributed by atoms with Gasteiger partial charge in [-0.3, -0.25) is 9.36 Å². The molecule has 3 aromatic rings. The van der Waals surface area contributed by atoms with Crippen LogP contribution >= 0.6 is 11.6 Å². The number of fused-ring (bicyclic) bond motifs is 1. The van der Waals surface area contributed by atoms with Crippen molar-refractivity contribution in [2.45, 2.75) is 49.9 Å². The minimum absolute atomic E-state index is 0.111. The number of carbonyl (C=O) groups excluding carboxylic acids is 1. The normalized spacial score (nSPS) is 23.7. The van der Waals surface area contributed by atoms with Crippen LogP contribution in [0, 0.1) is 0 Å². The zero-order chi connectivity index (χ0) is 27.7. The molecule has 4 atom stereocenters. The van der Waals surface area contributed by atoms with Crippen LogP contribution in [0.5, 0.6) is 5.75 Å². The van der Waals surface area contributed by atoms with Gasteiger partial charge in [-0.1, -0.05) is 11.6 Å². The fraction of sp³-hybridized carbons (Fsp3) is 0.458. The zero-order valence-electron chi connectivity index (χ0n) is 20.8. The molecule has 15 heteroatoms. The number of anilines is 1. The van der Waals surface area contributed by atoms with Crippen LogP contribution in [0.15, 0.2) is 30.9 Å². The van der Waals surface area contributed by atoms with E-state index in [0.29, 0.717) is 46.4 Å². The lowest BCUT2D eigenvalue weighted by Gasteiger charge is -2.30. The molecular formula is C24H29ClN8O6. The van der Waals surface area contributed by atoms with Crippen molar-refractivity contribution in [3.8, 4) is 5.75 Å². The van der Waals surface area contributed by atoms with Crippen molar-refractivity contribution < 1.29 is 29.3 Å². The van der Waals surface area contributed by atoms with Gasteiger partial charge in [0.2, 0.25) is 0 Å². The Kier molecular flexibility index (Phi) is 7.81. The number of nitrogens with zero attached hydrogens (tertiary/aromatic N) is 5. The van der Waals surface area contributed by atoms with E-state index < -0.39 is 30.4 Å². The molecule has 2 aliphatic heterocycles. The number of aliphatic hydroxyl groups is 1. The first-order chi connectivity index (χ1) is 18.7. The number of amides is 1. The standard InChI is InChI=1S/C24H29ClN8O6/c25-13-1-2-15(38-9-16(34)32-5-3-14(26)4-6-32)12(7-13)8-28-21-18-22(30-10-29-21)33(11-31-18)23-19(35)17(27)20(39-23)24(36)37/h1-2,7,10-11,14,17,19-20,23,35H,3-6,8-9,26-27H2,(H,36,37)(H,28,29,30)/t17-,19+,20-,23+/m0/s1. The van der Waals surface area contributed by atoms with Crippen LogP contribution in [0.4, 0.5) is 5.82 Å². The van der Waals surface area contributed by atoms with E-state index in [4.69, 9.17) is 32.5 Å². The molecule has 2 saturated heterocycles. The average molecular weight is 561 g/mol. The minimum atomic E-state index is -1.37. The topological polar surface area (TPSA) is 204 Å². The molecule has 208 valence electrons. The number of imidazole rings is 1. The van der Waals surface area contributed by atoms with E-state index in [2.05, 4.69) is 20.3 Å². The van der Waals surface area contributed by atoms with E-state index in [1.807, 2.05) is 0 Å². The first kappa shape index (κ1) is 27.0. The summed E-state index contributed by atoms with van der Waals surface area (Å²) in [5, 5.41) is 23.5. The number of likely N-dealkylation sites (tertiary alicyclic amines) is 1. The van der Waals surface area contributed by atoms with Crippen molar-refractivity contribution in [1.82, 2.24) is 24.4 Å². The van der Waals surface area contributed by atoms with Gasteiger partial charge >= 0.3 is 5.97 Å². The van der Waals surface area contributed by atoms with Gasteiger partial charge in [0.25, 0.3) is 5.91 Å². The van der Waals surface area contributed by atoms with Crippen LogP contribution in [-0.2, 0) is 20.9 Å². The number of nitrogens with two attached hydrogens (primary N) is 2. The second kappa shape index (κ2) is 11.3. The molecule has 2 fully saturated rings. The molecule has 1 aromatic carbocycles. The Hall–Kier alpha value is -3.56. The van der Waals surface area contributed by atoms with Gasteiger partial charge in [-0.15, -0.1) is 0 Å². The summed E-state index contributed by atoms with van der Waals surface area (Å²) in [5.41, 5.74) is 13.1. The van der Waals surface area contributed by atoms with Crippen LogP contribution in [0.2, 0.25) is 5.02 Å². The second-order valence-electron chi connectivity index (χ2n) is 9.51. The molecule has 14 nitrogen and oxygen atoms in total. The van der Waals surface area contributed by atoms with Gasteiger partial charge in [0.05, 0.1) is 12.4 Å². The summed E-state index contributed by atoms with van der Waals surface area (Å²) in [6, 6.07) is 4.10. The number of halogens is 1. The number of rotatable bonds is 8. The number of benzene rings is 1. The van der Waals surface area contributed by atoms with Crippen LogP contribution in [0.25, 0.3) is 11.2 Å². The molecule has 0 saturated carbocycles. The highest BCUT2D eigenvalue weighted by Gasteiger charge is 2.46. The summed E-state index contributed by atoms with van der Waals surface area (Å²) in [4.78, 5) is 38.6. The van der Waals surface area contributed by atoms with E-state index in [0.717, 1.165) is 12.8 Å². The highest BCUT2D eigenvalue weighted by Crippen LogP contribution is 2.32. The highest BCUT2D eigenvalue weighted by molar-refractivity contribution is 6.30. The molecule has 0 unspecified atom stereocenters. The lowest BCUT2D eigenvalue weighted by Crippen LogP contribution is -2.44. The molecular weight excluding hydrogens is 532 g/mol. The molecule has 5 rings (SSSR count). The Morgan fingerprint density at radius 3 is 2.69 bits per heavy atom. The lowest BCUT2D eigenvalue weighted by molar-refractivity contribution is -0.152. The van der Waals surface area contributed by atoms with Crippen molar-refractivity contribution in [3.05, 3.63) is 41.4 Å². The number of hydrogen-bond acceptors (Lipinski definition) is 11. The number of carbonyl (C=O) groups is 2. The van der Waals surface area contributed by atoms with Crippen molar-refractivity contribution in [2.24, 2.45) is 11.5 Å². The van der Waals surface area contributed by atoms with Gasteiger partial charge in [-0.05, 0) is 31.0 Å². The van der Waals surface area contributed by atoms with Gasteiger partial charge < -0.3 is 41.4 Å². The van der Waals surface area contributed by atoms with E-state index in [1.165, 1.54) is 17.2 Å². The first-order valence-electron chi connectivity index (χ1n) is 12.4. The lowest BCUT2D eigenvalue weighted by atomic mass is 10.1. The third-order valence-electron chi connectivity index (χ3n) is 6.91. The summed E-state index contributed by atoms with van der Waals surface area (Å²) in [6.07, 6.45) is 0.468. The SMILES string of the molecule is NC1CCN(C(=O)COc2ccc(Cl)cc2CNc2ncnc3c2ncn3[C@@H]2O[C@H](C(=O)O)[C@@H](N)[C@H]2O)CC1. The van der Waals surface area contributed by atoms with E-state index in [1.54, 1.807) is 23.1 Å². The zero-order valence-corrected chi connectivity index (χ0v) is 21.6. The van der Waals surface area contributed by atoms with E-state index in [9.17, 15) is 19.8 Å². The maximum Gasteiger partial charge on any atom is 0.334 e. The maximum absolute atomic E-state index is 12.6. The maximum atomic E-state index is 12.6. The number of aromatic nitrogens is 4. The van der Waals surface area contributed by atoms with E-state index in [-0.39, 0.29) is 25.1 Å². The summed E-state index contributed by atoms with van der Waals surface area (Å²) in [7, 11) is 0. The fourth-order valence-electron chi connectivity index (χ4n) is 4.70. The van der Waals surface area contributed by atoms with Crippen LogP contribution in [-0.4, -0.2) is 90.5 Å².